The van der Waals surface area contributed by atoms with Gasteiger partial charge in [0.25, 0.3) is 10.0 Å². The number of benzene rings is 2. The Labute approximate surface area is 168 Å². The van der Waals surface area contributed by atoms with Gasteiger partial charge in [-0.1, -0.05) is 37.1 Å². The molecule has 0 radical (unpaired) electrons. The summed E-state index contributed by atoms with van der Waals surface area (Å²) in [5.74, 6) is 0. The predicted molar refractivity (Wildman–Crippen MR) is 116 cm³/mol. The fourth-order valence-corrected chi connectivity index (χ4v) is 4.67. The van der Waals surface area contributed by atoms with E-state index in [0.29, 0.717) is 11.3 Å². The fraction of sp³-hybridized carbons (Fsp3) is 0.409. The summed E-state index contributed by atoms with van der Waals surface area (Å²) in [6, 6.07) is 13.6. The highest BCUT2D eigenvalue weighted by molar-refractivity contribution is 7.89. The second-order valence-electron chi connectivity index (χ2n) is 7.51. The van der Waals surface area contributed by atoms with Crippen LogP contribution >= 0.6 is 0 Å². The van der Waals surface area contributed by atoms with E-state index in [1.807, 2.05) is 38.1 Å². The Morgan fingerprint density at radius 1 is 0.964 bits per heavy atom. The molecule has 0 spiro atoms. The number of hydrogen-bond acceptors (Lipinski definition) is 4. The van der Waals surface area contributed by atoms with E-state index >= 15 is 0 Å². The van der Waals surface area contributed by atoms with Crippen molar-refractivity contribution in [1.82, 2.24) is 4.83 Å². The number of aryl methyl sites for hydroxylation is 2. The molecule has 0 amide bonds. The number of rotatable bonds is 5. The average Bonchev–Trinajstić information content (AvgIpc) is 2.97. The van der Waals surface area contributed by atoms with Gasteiger partial charge in [0.1, 0.15) is 0 Å². The normalized spacial score (nSPS) is 16.0. The van der Waals surface area contributed by atoms with Crippen molar-refractivity contribution < 1.29 is 8.42 Å². The average molecular weight is 400 g/mol. The van der Waals surface area contributed by atoms with Crippen molar-refractivity contribution >= 4 is 21.4 Å². The maximum absolute atomic E-state index is 12.6. The zero-order valence-electron chi connectivity index (χ0n) is 16.9. The molecule has 1 saturated heterocycles. The lowest BCUT2D eigenvalue weighted by molar-refractivity contribution is 0.583. The van der Waals surface area contributed by atoms with Crippen LogP contribution in [0.15, 0.2) is 52.5 Å². The third-order valence-corrected chi connectivity index (χ3v) is 6.57. The Bertz CT molecular complexity index is 942. The Morgan fingerprint density at radius 2 is 1.61 bits per heavy atom. The first-order chi connectivity index (χ1) is 13.4. The molecule has 2 aromatic rings. The predicted octanol–water partition coefficient (Wildman–Crippen LogP) is 4.39. The number of hydrazone groups is 1. The van der Waals surface area contributed by atoms with Crippen LogP contribution in [0.5, 0.6) is 0 Å². The summed E-state index contributed by atoms with van der Waals surface area (Å²) >= 11 is 0. The highest BCUT2D eigenvalue weighted by Crippen LogP contribution is 2.20. The number of hydrogen-bond donors (Lipinski definition) is 1. The van der Waals surface area contributed by atoms with Crippen LogP contribution in [-0.2, 0) is 10.0 Å². The number of nitrogens with zero attached hydrogens (tertiary/aromatic N) is 2. The van der Waals surface area contributed by atoms with Crippen molar-refractivity contribution in [3.63, 3.8) is 0 Å². The zero-order chi connectivity index (χ0) is 20.1. The molecule has 0 atom stereocenters. The molecule has 0 saturated carbocycles. The van der Waals surface area contributed by atoms with E-state index < -0.39 is 10.0 Å². The van der Waals surface area contributed by atoms with E-state index in [4.69, 9.17) is 0 Å². The Balaban J connectivity index is 1.73. The van der Waals surface area contributed by atoms with Crippen molar-refractivity contribution in [2.75, 3.05) is 18.0 Å². The summed E-state index contributed by atoms with van der Waals surface area (Å²) in [6.07, 6.45) is 5.09. The zero-order valence-corrected chi connectivity index (χ0v) is 17.7. The molecule has 0 aromatic heterocycles. The quantitative estimate of drug-likeness (QED) is 0.599. The van der Waals surface area contributed by atoms with Crippen molar-refractivity contribution in [1.29, 1.82) is 0 Å². The molecule has 0 bridgehead atoms. The molecule has 2 aromatic carbocycles. The van der Waals surface area contributed by atoms with E-state index in [-0.39, 0.29) is 4.90 Å². The van der Waals surface area contributed by atoms with Gasteiger partial charge in [-0.15, -0.1) is 0 Å². The number of anilines is 1. The van der Waals surface area contributed by atoms with Gasteiger partial charge in [-0.25, -0.2) is 0 Å². The van der Waals surface area contributed by atoms with Gasteiger partial charge in [-0.2, -0.15) is 18.4 Å². The molecule has 3 rings (SSSR count). The van der Waals surface area contributed by atoms with Crippen LogP contribution < -0.4 is 9.73 Å². The topological polar surface area (TPSA) is 61.8 Å². The molecule has 6 heteroatoms. The smallest absolute Gasteiger partial charge is 0.276 e. The standard InChI is InChI=1S/C22H29N3O2S/c1-17-8-9-18(2)22(16-17)28(26,27)24-23-19(3)20-10-12-21(13-11-20)25-14-6-4-5-7-15-25/h8-13,16,24H,4-7,14-15H2,1-3H3. The fourth-order valence-electron chi connectivity index (χ4n) is 3.48. The first-order valence-electron chi connectivity index (χ1n) is 9.85. The van der Waals surface area contributed by atoms with E-state index in [9.17, 15) is 8.42 Å². The molecule has 0 unspecified atom stereocenters. The van der Waals surface area contributed by atoms with Crippen molar-refractivity contribution in [3.05, 3.63) is 59.2 Å². The summed E-state index contributed by atoms with van der Waals surface area (Å²) in [5, 5.41) is 4.14. The Morgan fingerprint density at radius 3 is 2.25 bits per heavy atom. The first kappa shape index (κ1) is 20.4. The minimum Gasteiger partial charge on any atom is -0.372 e. The summed E-state index contributed by atoms with van der Waals surface area (Å²) in [7, 11) is -3.69. The second-order valence-corrected chi connectivity index (χ2v) is 9.14. The van der Waals surface area contributed by atoms with E-state index in [1.165, 1.54) is 31.4 Å². The van der Waals surface area contributed by atoms with Gasteiger partial charge in [0.15, 0.2) is 0 Å². The minimum absolute atomic E-state index is 0.264. The SMILES string of the molecule is CC(=NNS(=O)(=O)c1cc(C)ccc1C)c1ccc(N2CCCCCC2)cc1. The van der Waals surface area contributed by atoms with Crippen LogP contribution in [0.2, 0.25) is 0 Å². The molecule has 1 fully saturated rings. The van der Waals surface area contributed by atoms with E-state index in [0.717, 1.165) is 24.2 Å². The molecule has 0 aliphatic carbocycles. The minimum atomic E-state index is -3.69. The van der Waals surface area contributed by atoms with Gasteiger partial charge in [0, 0.05) is 18.8 Å². The maximum Gasteiger partial charge on any atom is 0.276 e. The highest BCUT2D eigenvalue weighted by Gasteiger charge is 2.16. The monoisotopic (exact) mass is 399 g/mol. The Kier molecular flexibility index (Phi) is 6.39. The largest absolute Gasteiger partial charge is 0.372 e. The molecule has 28 heavy (non-hydrogen) atoms. The van der Waals surface area contributed by atoms with Crippen molar-refractivity contribution in [3.8, 4) is 0 Å². The van der Waals surface area contributed by atoms with Crippen LogP contribution in [0.4, 0.5) is 5.69 Å². The van der Waals surface area contributed by atoms with Crippen molar-refractivity contribution in [2.45, 2.75) is 51.3 Å². The van der Waals surface area contributed by atoms with Gasteiger partial charge in [-0.05, 0) is 68.5 Å². The lowest BCUT2D eigenvalue weighted by Crippen LogP contribution is -2.23. The third kappa shape index (κ3) is 4.93. The summed E-state index contributed by atoms with van der Waals surface area (Å²) < 4.78 is 25.2. The molecule has 1 heterocycles. The first-order valence-corrected chi connectivity index (χ1v) is 11.3. The van der Waals surface area contributed by atoms with Gasteiger partial charge in [0.2, 0.25) is 0 Å². The van der Waals surface area contributed by atoms with Crippen LogP contribution in [0, 0.1) is 13.8 Å². The Hall–Kier alpha value is -2.34. The molecule has 5 nitrogen and oxygen atoms in total. The van der Waals surface area contributed by atoms with Crippen LogP contribution in [0.3, 0.4) is 0 Å². The molecule has 1 aliphatic heterocycles. The molecule has 150 valence electrons. The molecule has 1 N–H and O–H groups in total. The molecular weight excluding hydrogens is 370 g/mol. The van der Waals surface area contributed by atoms with E-state index in [2.05, 4.69) is 27.0 Å². The maximum atomic E-state index is 12.6. The van der Waals surface area contributed by atoms with Crippen LogP contribution in [0.25, 0.3) is 0 Å². The third-order valence-electron chi connectivity index (χ3n) is 5.22. The van der Waals surface area contributed by atoms with E-state index in [1.54, 1.807) is 13.0 Å². The van der Waals surface area contributed by atoms with Gasteiger partial charge >= 0.3 is 0 Å². The van der Waals surface area contributed by atoms with Gasteiger partial charge in [-0.3, -0.25) is 0 Å². The van der Waals surface area contributed by atoms with Crippen molar-refractivity contribution in [2.24, 2.45) is 5.10 Å². The second kappa shape index (κ2) is 8.78. The lowest BCUT2D eigenvalue weighted by atomic mass is 10.1. The van der Waals surface area contributed by atoms with Gasteiger partial charge < -0.3 is 4.90 Å². The molecule has 1 aliphatic rings. The molecular formula is C22H29N3O2S. The highest BCUT2D eigenvalue weighted by atomic mass is 32.2. The van der Waals surface area contributed by atoms with Gasteiger partial charge in [0.05, 0.1) is 10.6 Å². The summed E-state index contributed by atoms with van der Waals surface area (Å²) in [5.41, 5.74) is 4.36. The van der Waals surface area contributed by atoms with Crippen LogP contribution in [-0.4, -0.2) is 27.2 Å². The number of nitrogens with one attached hydrogen (secondary N) is 1. The van der Waals surface area contributed by atoms with Crippen LogP contribution in [0.1, 0.15) is 49.3 Å². The summed E-state index contributed by atoms with van der Waals surface area (Å²) in [4.78, 5) is 5.07. The summed E-state index contributed by atoms with van der Waals surface area (Å²) in [6.45, 7) is 7.67. The number of sulfonamides is 1. The lowest BCUT2D eigenvalue weighted by Gasteiger charge is -2.22.